The number of rotatable bonds is 6. The fourth-order valence-corrected chi connectivity index (χ4v) is 1.57. The zero-order chi connectivity index (χ0) is 12.8. The molecule has 2 nitrogen and oxygen atoms in total. The van der Waals surface area contributed by atoms with Crippen LogP contribution in [0, 0.1) is 11.6 Å². The van der Waals surface area contributed by atoms with Crippen LogP contribution in [0.3, 0.4) is 0 Å². The first-order chi connectivity index (χ1) is 8.02. The molecule has 0 saturated carbocycles. The Morgan fingerprint density at radius 1 is 1.24 bits per heavy atom. The van der Waals surface area contributed by atoms with E-state index in [1.807, 2.05) is 14.0 Å². The molecule has 0 aliphatic rings. The summed E-state index contributed by atoms with van der Waals surface area (Å²) in [7, 11) is 2.04. The Hall–Kier alpha value is -1.00. The molecule has 1 unspecified atom stereocenters. The predicted molar refractivity (Wildman–Crippen MR) is 65.9 cm³/mol. The Morgan fingerprint density at radius 3 is 2.35 bits per heavy atom. The van der Waals surface area contributed by atoms with Gasteiger partial charge in [-0.1, -0.05) is 6.92 Å². The van der Waals surface area contributed by atoms with Gasteiger partial charge in [-0.2, -0.15) is 0 Å². The Balaban J connectivity index is 2.49. The lowest BCUT2D eigenvalue weighted by Gasteiger charge is -2.18. The van der Waals surface area contributed by atoms with E-state index in [2.05, 4.69) is 17.1 Å². The van der Waals surface area contributed by atoms with E-state index in [1.54, 1.807) is 0 Å². The zero-order valence-corrected chi connectivity index (χ0v) is 10.6. The molecule has 1 rings (SSSR count). The minimum absolute atomic E-state index is 0.0505. The lowest BCUT2D eigenvalue weighted by atomic mass is 10.1. The number of nitrogens with zero attached hydrogens (tertiary/aromatic N) is 1. The quantitative estimate of drug-likeness (QED) is 0.824. The SMILES string of the molecule is CCN(C)CCNC(C)c1cc(F)cc(F)c1. The van der Waals surface area contributed by atoms with Gasteiger partial charge in [-0.05, 0) is 38.2 Å². The summed E-state index contributed by atoms with van der Waals surface area (Å²) < 4.78 is 26.0. The molecule has 1 aromatic carbocycles. The molecule has 0 aliphatic carbocycles. The number of likely N-dealkylation sites (N-methyl/N-ethyl adjacent to an activating group) is 1. The van der Waals surface area contributed by atoms with Crippen molar-refractivity contribution in [3.63, 3.8) is 0 Å². The molecule has 0 saturated heterocycles. The molecular formula is C13H20F2N2. The van der Waals surface area contributed by atoms with Crippen LogP contribution in [0.15, 0.2) is 18.2 Å². The highest BCUT2D eigenvalue weighted by Crippen LogP contribution is 2.15. The molecular weight excluding hydrogens is 222 g/mol. The van der Waals surface area contributed by atoms with Crippen molar-refractivity contribution < 1.29 is 8.78 Å². The number of nitrogens with one attached hydrogen (secondary N) is 1. The van der Waals surface area contributed by atoms with Crippen molar-refractivity contribution in [2.75, 3.05) is 26.7 Å². The molecule has 1 aromatic rings. The smallest absolute Gasteiger partial charge is 0.126 e. The van der Waals surface area contributed by atoms with Crippen molar-refractivity contribution in [2.45, 2.75) is 19.9 Å². The Labute approximate surface area is 102 Å². The molecule has 1 atom stereocenters. The predicted octanol–water partition coefficient (Wildman–Crippen LogP) is 2.57. The van der Waals surface area contributed by atoms with Gasteiger partial charge in [0, 0.05) is 25.2 Å². The first-order valence-corrected chi connectivity index (χ1v) is 5.91. The molecule has 1 N–H and O–H groups in total. The van der Waals surface area contributed by atoms with Gasteiger partial charge in [-0.3, -0.25) is 0 Å². The van der Waals surface area contributed by atoms with E-state index in [1.165, 1.54) is 12.1 Å². The first-order valence-electron chi connectivity index (χ1n) is 5.91. The molecule has 4 heteroatoms. The van der Waals surface area contributed by atoms with E-state index in [0.717, 1.165) is 25.7 Å². The fraction of sp³-hybridized carbons (Fsp3) is 0.538. The topological polar surface area (TPSA) is 15.3 Å². The Bertz CT molecular complexity index is 335. The molecule has 96 valence electrons. The maximum Gasteiger partial charge on any atom is 0.126 e. The third kappa shape index (κ3) is 4.79. The molecule has 0 fully saturated rings. The summed E-state index contributed by atoms with van der Waals surface area (Å²) in [5.74, 6) is -1.06. The van der Waals surface area contributed by atoms with Crippen molar-refractivity contribution in [1.82, 2.24) is 10.2 Å². The molecule has 0 aromatic heterocycles. The maximum absolute atomic E-state index is 13.0. The standard InChI is InChI=1S/C13H20F2N2/c1-4-17(3)6-5-16-10(2)11-7-12(14)9-13(15)8-11/h7-10,16H,4-6H2,1-3H3. The van der Waals surface area contributed by atoms with Crippen molar-refractivity contribution in [3.8, 4) is 0 Å². The van der Waals surface area contributed by atoms with Gasteiger partial charge >= 0.3 is 0 Å². The van der Waals surface area contributed by atoms with E-state index >= 15 is 0 Å². The van der Waals surface area contributed by atoms with Crippen molar-refractivity contribution in [2.24, 2.45) is 0 Å². The molecule has 0 radical (unpaired) electrons. The van der Waals surface area contributed by atoms with E-state index in [4.69, 9.17) is 0 Å². The second-order valence-electron chi connectivity index (χ2n) is 4.27. The van der Waals surface area contributed by atoms with Gasteiger partial charge in [0.25, 0.3) is 0 Å². The highest BCUT2D eigenvalue weighted by molar-refractivity contribution is 5.20. The summed E-state index contributed by atoms with van der Waals surface area (Å²) in [5, 5.41) is 3.24. The summed E-state index contributed by atoms with van der Waals surface area (Å²) in [4.78, 5) is 2.17. The Morgan fingerprint density at radius 2 is 1.82 bits per heavy atom. The number of hydrogen-bond acceptors (Lipinski definition) is 2. The molecule has 0 bridgehead atoms. The molecule has 0 spiro atoms. The maximum atomic E-state index is 13.0. The third-order valence-corrected chi connectivity index (χ3v) is 2.87. The molecule has 17 heavy (non-hydrogen) atoms. The number of benzene rings is 1. The van der Waals surface area contributed by atoms with Crippen molar-refractivity contribution >= 4 is 0 Å². The van der Waals surface area contributed by atoms with Gasteiger partial charge in [0.1, 0.15) is 11.6 Å². The lowest BCUT2D eigenvalue weighted by Crippen LogP contribution is -2.30. The van der Waals surface area contributed by atoms with Crippen molar-refractivity contribution in [3.05, 3.63) is 35.4 Å². The van der Waals surface area contributed by atoms with Crippen LogP contribution in [0.5, 0.6) is 0 Å². The van der Waals surface area contributed by atoms with Crippen LogP contribution in [0.2, 0.25) is 0 Å². The van der Waals surface area contributed by atoms with Crippen molar-refractivity contribution in [1.29, 1.82) is 0 Å². The van der Waals surface area contributed by atoms with Crippen LogP contribution in [0.1, 0.15) is 25.5 Å². The van der Waals surface area contributed by atoms with Crippen LogP contribution < -0.4 is 5.32 Å². The number of hydrogen-bond donors (Lipinski definition) is 1. The third-order valence-electron chi connectivity index (χ3n) is 2.87. The van der Waals surface area contributed by atoms with Crippen LogP contribution in [-0.4, -0.2) is 31.6 Å². The Kier molecular flexibility index (Phi) is 5.51. The summed E-state index contributed by atoms with van der Waals surface area (Å²) in [6.45, 7) is 6.69. The zero-order valence-electron chi connectivity index (χ0n) is 10.6. The van der Waals surface area contributed by atoms with Gasteiger partial charge in [0.2, 0.25) is 0 Å². The van der Waals surface area contributed by atoms with Crippen LogP contribution >= 0.6 is 0 Å². The van der Waals surface area contributed by atoms with E-state index < -0.39 is 11.6 Å². The van der Waals surface area contributed by atoms with Gasteiger partial charge in [0.15, 0.2) is 0 Å². The van der Waals surface area contributed by atoms with Gasteiger partial charge in [-0.15, -0.1) is 0 Å². The molecule has 0 heterocycles. The summed E-state index contributed by atoms with van der Waals surface area (Å²) in [6.07, 6.45) is 0. The van der Waals surface area contributed by atoms with E-state index in [9.17, 15) is 8.78 Å². The normalized spacial score (nSPS) is 13.1. The average molecular weight is 242 g/mol. The summed E-state index contributed by atoms with van der Waals surface area (Å²) in [5.41, 5.74) is 0.640. The van der Waals surface area contributed by atoms with Gasteiger partial charge in [0.05, 0.1) is 0 Å². The lowest BCUT2D eigenvalue weighted by molar-refractivity contribution is 0.342. The highest BCUT2D eigenvalue weighted by Gasteiger charge is 2.08. The summed E-state index contributed by atoms with van der Waals surface area (Å²) >= 11 is 0. The molecule has 0 amide bonds. The second-order valence-corrected chi connectivity index (χ2v) is 4.27. The van der Waals surface area contributed by atoms with Crippen LogP contribution in [0.25, 0.3) is 0 Å². The van der Waals surface area contributed by atoms with Crippen LogP contribution in [-0.2, 0) is 0 Å². The average Bonchev–Trinajstić information content (AvgIpc) is 2.27. The van der Waals surface area contributed by atoms with E-state index in [-0.39, 0.29) is 6.04 Å². The minimum atomic E-state index is -0.528. The summed E-state index contributed by atoms with van der Waals surface area (Å²) in [6, 6.07) is 3.57. The first kappa shape index (κ1) is 14.1. The largest absolute Gasteiger partial charge is 0.309 e. The van der Waals surface area contributed by atoms with Gasteiger partial charge in [-0.25, -0.2) is 8.78 Å². The molecule has 0 aliphatic heterocycles. The van der Waals surface area contributed by atoms with E-state index in [0.29, 0.717) is 5.56 Å². The fourth-order valence-electron chi connectivity index (χ4n) is 1.57. The van der Waals surface area contributed by atoms with Gasteiger partial charge < -0.3 is 10.2 Å². The minimum Gasteiger partial charge on any atom is -0.309 e. The second kappa shape index (κ2) is 6.67. The highest BCUT2D eigenvalue weighted by atomic mass is 19.1. The number of halogens is 2. The van der Waals surface area contributed by atoms with Crippen LogP contribution in [0.4, 0.5) is 8.78 Å². The monoisotopic (exact) mass is 242 g/mol.